The number of methoxy groups -OCH3 is 2. The normalized spacial score (nSPS) is 18.6. The predicted molar refractivity (Wildman–Crippen MR) is 154 cm³/mol. The minimum absolute atomic E-state index is 0.185. The van der Waals surface area contributed by atoms with Crippen LogP contribution in [0.2, 0.25) is 0 Å². The number of H-pyrrole nitrogens is 2. The summed E-state index contributed by atoms with van der Waals surface area (Å²) in [6.45, 7) is 0. The molecule has 3 atom stereocenters. The monoisotopic (exact) mass is 498 g/mol. The Labute approximate surface area is 222 Å². The molecule has 0 fully saturated rings. The third-order valence-corrected chi connectivity index (χ3v) is 8.32. The Morgan fingerprint density at radius 2 is 1.32 bits per heavy atom. The Balaban J connectivity index is 1.46. The third kappa shape index (κ3) is 3.59. The van der Waals surface area contributed by atoms with Crippen molar-refractivity contribution in [1.82, 2.24) is 9.97 Å². The fraction of sp³-hybridized carbons (Fsp3) is 0.176. The van der Waals surface area contributed by atoms with E-state index < -0.39 is 0 Å². The van der Waals surface area contributed by atoms with Gasteiger partial charge in [-0.1, -0.05) is 60.7 Å². The van der Waals surface area contributed by atoms with Crippen molar-refractivity contribution in [2.45, 2.75) is 24.2 Å². The Kier molecular flexibility index (Phi) is 5.47. The average molecular weight is 499 g/mol. The molecule has 0 radical (unpaired) electrons. The second kappa shape index (κ2) is 9.14. The zero-order valence-corrected chi connectivity index (χ0v) is 21.6. The highest BCUT2D eigenvalue weighted by Gasteiger charge is 2.45. The van der Waals surface area contributed by atoms with E-state index in [1.54, 1.807) is 14.2 Å². The highest BCUT2D eigenvalue weighted by molar-refractivity contribution is 5.89. The van der Waals surface area contributed by atoms with E-state index in [0.29, 0.717) is 5.92 Å². The molecule has 2 N–H and O–H groups in total. The van der Waals surface area contributed by atoms with Gasteiger partial charge in [0, 0.05) is 45.5 Å². The summed E-state index contributed by atoms with van der Waals surface area (Å²) in [5, 5.41) is 2.60. The first-order valence-corrected chi connectivity index (χ1v) is 13.2. The number of nitrogens with one attached hydrogen (secondary N) is 2. The zero-order chi connectivity index (χ0) is 25.6. The van der Waals surface area contributed by atoms with Crippen LogP contribution in [0.3, 0.4) is 0 Å². The fourth-order valence-corrected chi connectivity index (χ4v) is 6.62. The molecule has 2 heterocycles. The Morgan fingerprint density at radius 1 is 0.684 bits per heavy atom. The third-order valence-electron chi connectivity index (χ3n) is 8.32. The van der Waals surface area contributed by atoms with E-state index in [4.69, 9.17) is 9.47 Å². The molecule has 1 aliphatic rings. The van der Waals surface area contributed by atoms with Crippen LogP contribution in [0.25, 0.3) is 21.8 Å². The standard InChI is InChI=1S/C34H30N2O2/c1-37-23-15-11-21(12-16-23)19-27-31(22-13-17-24(38-2)18-14-22)33(28-20-35-29-9-5-3-7-25(28)29)34-32(27)26-8-4-6-10-30(26)36-34/h3-18,20,27,31,33,35-36H,19H2,1-2H3/t27-,31-,33+/m1/s1. The van der Waals surface area contributed by atoms with Crippen LogP contribution >= 0.6 is 0 Å². The summed E-state index contributed by atoms with van der Waals surface area (Å²) in [7, 11) is 3.44. The summed E-state index contributed by atoms with van der Waals surface area (Å²) in [5.41, 5.74) is 9.12. The Bertz CT molecular complexity index is 1730. The van der Waals surface area contributed by atoms with Gasteiger partial charge in [0.05, 0.1) is 14.2 Å². The van der Waals surface area contributed by atoms with Crippen LogP contribution in [0.1, 0.15) is 45.7 Å². The van der Waals surface area contributed by atoms with Crippen molar-refractivity contribution >= 4 is 21.8 Å². The number of hydrogen-bond donors (Lipinski definition) is 2. The molecule has 1 aliphatic carbocycles. The van der Waals surface area contributed by atoms with Crippen molar-refractivity contribution in [3.05, 3.63) is 131 Å². The first kappa shape index (κ1) is 22.7. The number of aromatic nitrogens is 2. The Hall–Kier alpha value is -4.44. The number of ether oxygens (including phenoxy) is 2. The van der Waals surface area contributed by atoms with Crippen molar-refractivity contribution < 1.29 is 9.47 Å². The molecule has 0 unspecified atom stereocenters. The number of aromatic amines is 2. The Morgan fingerprint density at radius 3 is 2.03 bits per heavy atom. The van der Waals surface area contributed by atoms with Crippen LogP contribution < -0.4 is 9.47 Å². The zero-order valence-electron chi connectivity index (χ0n) is 21.6. The molecule has 0 aliphatic heterocycles. The molecule has 7 rings (SSSR count). The molecule has 0 saturated carbocycles. The van der Waals surface area contributed by atoms with Crippen LogP contribution in [0.4, 0.5) is 0 Å². The lowest BCUT2D eigenvalue weighted by Gasteiger charge is -2.27. The van der Waals surface area contributed by atoms with Crippen LogP contribution in [0.15, 0.2) is 103 Å². The molecule has 38 heavy (non-hydrogen) atoms. The quantitative estimate of drug-likeness (QED) is 0.245. The van der Waals surface area contributed by atoms with Crippen molar-refractivity contribution in [2.75, 3.05) is 14.2 Å². The highest BCUT2D eigenvalue weighted by atomic mass is 16.5. The van der Waals surface area contributed by atoms with E-state index in [9.17, 15) is 0 Å². The van der Waals surface area contributed by atoms with Crippen molar-refractivity contribution in [1.29, 1.82) is 0 Å². The number of fused-ring (bicyclic) bond motifs is 4. The van der Waals surface area contributed by atoms with Crippen molar-refractivity contribution in [3.63, 3.8) is 0 Å². The van der Waals surface area contributed by atoms with Gasteiger partial charge in [-0.05, 0) is 71.0 Å². The molecule has 0 amide bonds. The minimum atomic E-state index is 0.185. The maximum absolute atomic E-state index is 5.51. The largest absolute Gasteiger partial charge is 0.497 e. The molecule has 6 aromatic rings. The van der Waals surface area contributed by atoms with Gasteiger partial charge in [0.15, 0.2) is 0 Å². The lowest BCUT2D eigenvalue weighted by atomic mass is 9.76. The molecular weight excluding hydrogens is 468 g/mol. The van der Waals surface area contributed by atoms with Gasteiger partial charge in [0.1, 0.15) is 11.5 Å². The van der Waals surface area contributed by atoms with Gasteiger partial charge in [-0.25, -0.2) is 0 Å². The van der Waals surface area contributed by atoms with Gasteiger partial charge in [-0.3, -0.25) is 0 Å². The molecule has 4 aromatic carbocycles. The van der Waals surface area contributed by atoms with Crippen molar-refractivity contribution in [2.24, 2.45) is 0 Å². The van der Waals surface area contributed by atoms with Crippen LogP contribution in [-0.2, 0) is 6.42 Å². The molecule has 2 aromatic heterocycles. The SMILES string of the molecule is COc1ccc(C[C@H]2c3c([nH]c4ccccc34)[C@@H](c3c[nH]c4ccccc34)[C@@H]2c2ccc(OC)cc2)cc1. The number of para-hydroxylation sites is 2. The predicted octanol–water partition coefficient (Wildman–Crippen LogP) is 7.92. The number of hydrogen-bond acceptors (Lipinski definition) is 2. The lowest BCUT2D eigenvalue weighted by Crippen LogP contribution is -2.15. The van der Waals surface area contributed by atoms with Gasteiger partial charge in [0.2, 0.25) is 0 Å². The molecule has 4 heteroatoms. The summed E-state index contributed by atoms with van der Waals surface area (Å²) in [6.07, 6.45) is 3.16. The maximum atomic E-state index is 5.51. The van der Waals surface area contributed by atoms with Gasteiger partial charge in [0.25, 0.3) is 0 Å². The van der Waals surface area contributed by atoms with Crippen LogP contribution in [0, 0.1) is 0 Å². The van der Waals surface area contributed by atoms with E-state index >= 15 is 0 Å². The van der Waals surface area contributed by atoms with E-state index in [1.165, 1.54) is 49.8 Å². The second-order valence-corrected chi connectivity index (χ2v) is 10.2. The highest BCUT2D eigenvalue weighted by Crippen LogP contribution is 2.58. The summed E-state index contributed by atoms with van der Waals surface area (Å²) in [4.78, 5) is 7.43. The van der Waals surface area contributed by atoms with E-state index in [1.807, 2.05) is 0 Å². The lowest BCUT2D eigenvalue weighted by molar-refractivity contribution is 0.414. The average Bonchev–Trinajstić information content (AvgIpc) is 3.65. The number of benzene rings is 4. The van der Waals surface area contributed by atoms with E-state index in [-0.39, 0.29) is 11.8 Å². The van der Waals surface area contributed by atoms with Gasteiger partial charge in [-0.15, -0.1) is 0 Å². The summed E-state index contributed by atoms with van der Waals surface area (Å²) < 4.78 is 11.0. The summed E-state index contributed by atoms with van der Waals surface area (Å²) in [6, 6.07) is 34.6. The molecule has 0 bridgehead atoms. The van der Waals surface area contributed by atoms with Gasteiger partial charge < -0.3 is 19.4 Å². The molecule has 4 nitrogen and oxygen atoms in total. The number of rotatable bonds is 6. The topological polar surface area (TPSA) is 50.0 Å². The van der Waals surface area contributed by atoms with Crippen LogP contribution in [0.5, 0.6) is 11.5 Å². The first-order valence-electron chi connectivity index (χ1n) is 13.2. The van der Waals surface area contributed by atoms with Gasteiger partial charge in [-0.2, -0.15) is 0 Å². The summed E-state index contributed by atoms with van der Waals surface area (Å²) >= 11 is 0. The first-order chi connectivity index (χ1) is 18.7. The smallest absolute Gasteiger partial charge is 0.118 e. The van der Waals surface area contributed by atoms with Gasteiger partial charge >= 0.3 is 0 Å². The van der Waals surface area contributed by atoms with E-state index in [0.717, 1.165) is 17.9 Å². The maximum Gasteiger partial charge on any atom is 0.118 e. The van der Waals surface area contributed by atoms with E-state index in [2.05, 4.69) is 113 Å². The fourth-order valence-electron chi connectivity index (χ4n) is 6.62. The minimum Gasteiger partial charge on any atom is -0.497 e. The molecule has 0 spiro atoms. The van der Waals surface area contributed by atoms with Crippen LogP contribution in [-0.4, -0.2) is 24.2 Å². The second-order valence-electron chi connectivity index (χ2n) is 10.2. The molecule has 0 saturated heterocycles. The molecule has 188 valence electrons. The van der Waals surface area contributed by atoms with Crippen molar-refractivity contribution in [3.8, 4) is 11.5 Å². The molecular formula is C34H30N2O2. The summed E-state index contributed by atoms with van der Waals surface area (Å²) in [5.74, 6) is 2.50.